The molecular weight excluding hydrogens is 284 g/mol. The number of hydrogen-bond acceptors (Lipinski definition) is 2. The zero-order valence-corrected chi connectivity index (χ0v) is 10.8. The largest absolute Gasteiger partial charge is 0.349 e. The molecule has 0 unspecified atom stereocenters. The Morgan fingerprint density at radius 1 is 1.35 bits per heavy atom. The Bertz CT molecular complexity index is 444. The molecule has 0 radical (unpaired) electrons. The van der Waals surface area contributed by atoms with Crippen molar-refractivity contribution in [1.82, 2.24) is 5.32 Å². The van der Waals surface area contributed by atoms with Crippen LogP contribution in [0, 0.1) is 0 Å². The molecule has 0 saturated heterocycles. The first-order chi connectivity index (χ1) is 8.19. The van der Waals surface area contributed by atoms with E-state index in [-0.39, 0.29) is 17.1 Å². The Labute approximate surface area is 108 Å². The molecule has 0 heterocycles. The summed E-state index contributed by atoms with van der Waals surface area (Å²) in [6.45, 7) is 0. The lowest BCUT2D eigenvalue weighted by Gasteiger charge is -2.06. The van der Waals surface area contributed by atoms with Gasteiger partial charge in [0.05, 0.1) is 5.33 Å². The van der Waals surface area contributed by atoms with E-state index in [0.717, 1.165) is 12.8 Å². The van der Waals surface area contributed by atoms with Crippen LogP contribution < -0.4 is 10.6 Å². The lowest BCUT2D eigenvalue weighted by atomic mass is 10.2. The van der Waals surface area contributed by atoms with Gasteiger partial charge in [0.25, 0.3) is 5.91 Å². The number of hydrogen-bond donors (Lipinski definition) is 2. The first-order valence-corrected chi connectivity index (χ1v) is 6.58. The third kappa shape index (κ3) is 3.56. The van der Waals surface area contributed by atoms with E-state index < -0.39 is 0 Å². The summed E-state index contributed by atoms with van der Waals surface area (Å²) < 4.78 is 0. The normalized spacial score (nSPS) is 14.2. The summed E-state index contributed by atoms with van der Waals surface area (Å²) in [5.74, 6) is -0.216. The molecule has 1 fully saturated rings. The number of rotatable bonds is 4. The maximum absolute atomic E-state index is 11.8. The van der Waals surface area contributed by atoms with Gasteiger partial charge in [0.15, 0.2) is 0 Å². The van der Waals surface area contributed by atoms with Crippen LogP contribution in [0.5, 0.6) is 0 Å². The molecule has 4 nitrogen and oxygen atoms in total. The summed E-state index contributed by atoms with van der Waals surface area (Å²) in [4.78, 5) is 23.0. The van der Waals surface area contributed by atoms with Gasteiger partial charge in [-0.1, -0.05) is 22.0 Å². The summed E-state index contributed by atoms with van der Waals surface area (Å²) in [5.41, 5.74) is 1.21. The number of amides is 2. The molecule has 0 aromatic heterocycles. The predicted octanol–water partition coefficient (Wildman–Crippen LogP) is 1.91. The molecule has 2 rings (SSSR count). The van der Waals surface area contributed by atoms with E-state index in [1.54, 1.807) is 24.3 Å². The average molecular weight is 297 g/mol. The highest BCUT2D eigenvalue weighted by Crippen LogP contribution is 2.20. The molecule has 0 spiro atoms. The van der Waals surface area contributed by atoms with E-state index in [2.05, 4.69) is 26.6 Å². The van der Waals surface area contributed by atoms with Gasteiger partial charge in [0, 0.05) is 17.3 Å². The van der Waals surface area contributed by atoms with Crippen molar-refractivity contribution in [2.75, 3.05) is 10.6 Å². The molecule has 0 aliphatic heterocycles. The number of carbonyl (C=O) groups excluding carboxylic acids is 2. The first kappa shape index (κ1) is 12.1. The number of alkyl halides is 1. The lowest BCUT2D eigenvalue weighted by molar-refractivity contribution is -0.113. The van der Waals surface area contributed by atoms with Crippen molar-refractivity contribution >= 4 is 33.4 Å². The SMILES string of the molecule is O=C(CBr)Nc1cccc(C(=O)NC2CC2)c1. The van der Waals surface area contributed by atoms with Gasteiger partial charge in [0.2, 0.25) is 5.91 Å². The molecule has 1 aromatic rings. The van der Waals surface area contributed by atoms with Crippen molar-refractivity contribution in [1.29, 1.82) is 0 Å². The van der Waals surface area contributed by atoms with E-state index in [1.807, 2.05) is 0 Å². The van der Waals surface area contributed by atoms with E-state index in [9.17, 15) is 9.59 Å². The zero-order valence-electron chi connectivity index (χ0n) is 9.20. The van der Waals surface area contributed by atoms with Crippen LogP contribution in [-0.4, -0.2) is 23.2 Å². The highest BCUT2D eigenvalue weighted by atomic mass is 79.9. The molecule has 1 saturated carbocycles. The molecule has 17 heavy (non-hydrogen) atoms. The van der Waals surface area contributed by atoms with Crippen LogP contribution in [0.2, 0.25) is 0 Å². The maximum atomic E-state index is 11.8. The quantitative estimate of drug-likeness (QED) is 0.834. The molecule has 1 aliphatic rings. The predicted molar refractivity (Wildman–Crippen MR) is 69.4 cm³/mol. The van der Waals surface area contributed by atoms with E-state index in [0.29, 0.717) is 17.3 Å². The van der Waals surface area contributed by atoms with Crippen molar-refractivity contribution < 1.29 is 9.59 Å². The minimum absolute atomic E-state index is 0.0811. The van der Waals surface area contributed by atoms with Gasteiger partial charge >= 0.3 is 0 Å². The molecule has 2 N–H and O–H groups in total. The average Bonchev–Trinajstić information content (AvgIpc) is 3.13. The monoisotopic (exact) mass is 296 g/mol. The van der Waals surface area contributed by atoms with Gasteiger partial charge in [0.1, 0.15) is 0 Å². The Morgan fingerprint density at radius 3 is 2.76 bits per heavy atom. The first-order valence-electron chi connectivity index (χ1n) is 5.46. The highest BCUT2D eigenvalue weighted by Gasteiger charge is 2.23. The second kappa shape index (κ2) is 5.31. The Morgan fingerprint density at radius 2 is 2.12 bits per heavy atom. The molecule has 2 amide bonds. The van der Waals surface area contributed by atoms with Crippen LogP contribution >= 0.6 is 15.9 Å². The van der Waals surface area contributed by atoms with E-state index >= 15 is 0 Å². The Kier molecular flexibility index (Phi) is 3.78. The van der Waals surface area contributed by atoms with Crippen molar-refractivity contribution in [3.63, 3.8) is 0 Å². The van der Waals surface area contributed by atoms with Crippen LogP contribution in [-0.2, 0) is 4.79 Å². The number of nitrogens with one attached hydrogen (secondary N) is 2. The summed E-state index contributed by atoms with van der Waals surface area (Å²) in [7, 11) is 0. The molecule has 0 atom stereocenters. The number of anilines is 1. The van der Waals surface area contributed by atoms with Crippen molar-refractivity contribution in [3.8, 4) is 0 Å². The molecular formula is C12H13BrN2O2. The van der Waals surface area contributed by atoms with Gasteiger partial charge in [-0.25, -0.2) is 0 Å². The second-order valence-electron chi connectivity index (χ2n) is 4.01. The smallest absolute Gasteiger partial charge is 0.251 e. The summed E-state index contributed by atoms with van der Waals surface area (Å²) in [6.07, 6.45) is 2.12. The van der Waals surface area contributed by atoms with Crippen molar-refractivity contribution in [2.45, 2.75) is 18.9 Å². The van der Waals surface area contributed by atoms with Crippen molar-refractivity contribution in [2.24, 2.45) is 0 Å². The lowest BCUT2D eigenvalue weighted by Crippen LogP contribution is -2.25. The summed E-state index contributed by atoms with van der Waals surface area (Å²) in [6, 6.07) is 7.27. The minimum atomic E-state index is -0.134. The van der Waals surface area contributed by atoms with Crippen LogP contribution in [0.3, 0.4) is 0 Å². The van der Waals surface area contributed by atoms with Crippen molar-refractivity contribution in [3.05, 3.63) is 29.8 Å². The maximum Gasteiger partial charge on any atom is 0.251 e. The fourth-order valence-electron chi connectivity index (χ4n) is 1.43. The second-order valence-corrected chi connectivity index (χ2v) is 4.57. The van der Waals surface area contributed by atoms with E-state index in [4.69, 9.17) is 0 Å². The Hall–Kier alpha value is -1.36. The third-order valence-electron chi connectivity index (χ3n) is 2.44. The van der Waals surface area contributed by atoms with Crippen LogP contribution in [0.15, 0.2) is 24.3 Å². The van der Waals surface area contributed by atoms with Crippen LogP contribution in [0.25, 0.3) is 0 Å². The summed E-state index contributed by atoms with van der Waals surface area (Å²) >= 11 is 3.07. The Balaban J connectivity index is 2.04. The number of halogens is 1. The molecule has 90 valence electrons. The van der Waals surface area contributed by atoms with Crippen LogP contribution in [0.4, 0.5) is 5.69 Å². The fraction of sp³-hybridized carbons (Fsp3) is 0.333. The summed E-state index contributed by atoms with van der Waals surface area (Å²) in [5, 5.41) is 5.84. The van der Waals surface area contributed by atoms with Gasteiger partial charge < -0.3 is 10.6 Å². The van der Waals surface area contributed by atoms with Gasteiger partial charge in [-0.05, 0) is 31.0 Å². The third-order valence-corrected chi connectivity index (χ3v) is 2.95. The molecule has 5 heteroatoms. The standard InChI is InChI=1S/C12H13BrN2O2/c13-7-11(16)14-10-3-1-2-8(6-10)12(17)15-9-4-5-9/h1-3,6,9H,4-5,7H2,(H,14,16)(H,15,17). The zero-order chi connectivity index (χ0) is 12.3. The van der Waals surface area contributed by atoms with Gasteiger partial charge in [-0.15, -0.1) is 0 Å². The van der Waals surface area contributed by atoms with Gasteiger partial charge in [-0.2, -0.15) is 0 Å². The van der Waals surface area contributed by atoms with Gasteiger partial charge in [-0.3, -0.25) is 9.59 Å². The number of benzene rings is 1. The fourth-order valence-corrected chi connectivity index (χ4v) is 1.57. The molecule has 1 aromatic carbocycles. The molecule has 1 aliphatic carbocycles. The van der Waals surface area contributed by atoms with Crippen LogP contribution in [0.1, 0.15) is 23.2 Å². The topological polar surface area (TPSA) is 58.2 Å². The van der Waals surface area contributed by atoms with E-state index in [1.165, 1.54) is 0 Å². The minimum Gasteiger partial charge on any atom is -0.349 e. The number of carbonyl (C=O) groups is 2. The highest BCUT2D eigenvalue weighted by molar-refractivity contribution is 9.09. The molecule has 0 bridgehead atoms.